The zero-order chi connectivity index (χ0) is 12.7. The van der Waals surface area contributed by atoms with Crippen LogP contribution in [0.15, 0.2) is 18.2 Å². The van der Waals surface area contributed by atoms with Gasteiger partial charge in [0.2, 0.25) is 0 Å². The second kappa shape index (κ2) is 7.47. The molecule has 0 fully saturated rings. The van der Waals surface area contributed by atoms with Crippen molar-refractivity contribution in [3.63, 3.8) is 0 Å². The summed E-state index contributed by atoms with van der Waals surface area (Å²) in [5.74, 6) is -0.580. The minimum Gasteiger partial charge on any atom is -0.464 e. The first-order valence-electron chi connectivity index (χ1n) is 5.48. The van der Waals surface area contributed by atoms with E-state index >= 15 is 0 Å². The fourth-order valence-corrected chi connectivity index (χ4v) is 1.85. The molecule has 0 atom stereocenters. The van der Waals surface area contributed by atoms with E-state index in [-0.39, 0.29) is 18.3 Å². The zero-order valence-electron chi connectivity index (χ0n) is 9.63. The van der Waals surface area contributed by atoms with Gasteiger partial charge in [0.05, 0.1) is 6.61 Å². The number of carbonyl (C=O) groups is 1. The van der Waals surface area contributed by atoms with Gasteiger partial charge >= 0.3 is 5.97 Å². The van der Waals surface area contributed by atoms with Gasteiger partial charge in [-0.15, -0.1) is 0 Å². The van der Waals surface area contributed by atoms with Crippen molar-refractivity contribution in [2.45, 2.75) is 19.8 Å². The summed E-state index contributed by atoms with van der Waals surface area (Å²) in [7, 11) is 0. The molecule has 0 unspecified atom stereocenters. The molecule has 3 nitrogen and oxygen atoms in total. The van der Waals surface area contributed by atoms with Crippen molar-refractivity contribution in [1.82, 2.24) is 0 Å². The van der Waals surface area contributed by atoms with E-state index in [0.29, 0.717) is 6.61 Å². The van der Waals surface area contributed by atoms with Crippen LogP contribution < -0.4 is 5.32 Å². The summed E-state index contributed by atoms with van der Waals surface area (Å²) in [6, 6.07) is 4.37. The third-order valence-electron chi connectivity index (χ3n) is 2.12. The van der Waals surface area contributed by atoms with E-state index in [4.69, 9.17) is 4.74 Å². The van der Waals surface area contributed by atoms with E-state index in [1.807, 2.05) is 29.5 Å². The van der Waals surface area contributed by atoms with Crippen molar-refractivity contribution in [2.75, 3.05) is 18.5 Å². The first-order valence-corrected chi connectivity index (χ1v) is 6.56. The van der Waals surface area contributed by atoms with Gasteiger partial charge in [-0.3, -0.25) is 4.79 Å². The molecule has 0 aliphatic carbocycles. The SMILES string of the molecule is CCCCOC(=O)CNc1ccc(F)cc1I. The Morgan fingerprint density at radius 1 is 1.53 bits per heavy atom. The summed E-state index contributed by atoms with van der Waals surface area (Å²) < 4.78 is 18.6. The maximum absolute atomic E-state index is 12.8. The van der Waals surface area contributed by atoms with Gasteiger partial charge in [-0.05, 0) is 47.2 Å². The highest BCUT2D eigenvalue weighted by atomic mass is 127. The molecule has 94 valence electrons. The van der Waals surface area contributed by atoms with Crippen LogP contribution in [0.3, 0.4) is 0 Å². The smallest absolute Gasteiger partial charge is 0.325 e. The average molecular weight is 351 g/mol. The van der Waals surface area contributed by atoms with Gasteiger partial charge in [0.1, 0.15) is 12.4 Å². The third-order valence-corrected chi connectivity index (χ3v) is 3.01. The zero-order valence-corrected chi connectivity index (χ0v) is 11.8. The number of carbonyl (C=O) groups excluding carboxylic acids is 1. The van der Waals surface area contributed by atoms with Gasteiger partial charge in [0, 0.05) is 9.26 Å². The number of esters is 1. The number of unbranched alkanes of at least 4 members (excludes halogenated alkanes) is 1. The largest absolute Gasteiger partial charge is 0.464 e. The van der Waals surface area contributed by atoms with Crippen molar-refractivity contribution < 1.29 is 13.9 Å². The topological polar surface area (TPSA) is 38.3 Å². The van der Waals surface area contributed by atoms with Gasteiger partial charge in [-0.25, -0.2) is 4.39 Å². The average Bonchev–Trinajstić information content (AvgIpc) is 2.28. The third kappa shape index (κ3) is 5.34. The van der Waals surface area contributed by atoms with Crippen LogP contribution in [0, 0.1) is 9.39 Å². The molecule has 17 heavy (non-hydrogen) atoms. The van der Waals surface area contributed by atoms with E-state index in [2.05, 4.69) is 5.32 Å². The fraction of sp³-hybridized carbons (Fsp3) is 0.417. The number of hydrogen-bond acceptors (Lipinski definition) is 3. The van der Waals surface area contributed by atoms with E-state index in [1.54, 1.807) is 6.07 Å². The highest BCUT2D eigenvalue weighted by Crippen LogP contribution is 2.18. The minimum atomic E-state index is -0.293. The van der Waals surface area contributed by atoms with Crippen molar-refractivity contribution in [3.05, 3.63) is 27.6 Å². The predicted molar refractivity (Wildman–Crippen MR) is 73.5 cm³/mol. The molecule has 1 N–H and O–H groups in total. The lowest BCUT2D eigenvalue weighted by Crippen LogP contribution is -2.17. The summed E-state index contributed by atoms with van der Waals surface area (Å²) in [6.07, 6.45) is 1.87. The quantitative estimate of drug-likeness (QED) is 0.486. The van der Waals surface area contributed by atoms with Gasteiger partial charge in [-0.1, -0.05) is 13.3 Å². The predicted octanol–water partition coefficient (Wildman–Crippen LogP) is 3.19. The van der Waals surface area contributed by atoms with Crippen molar-refractivity contribution in [2.24, 2.45) is 0 Å². The Morgan fingerprint density at radius 3 is 2.94 bits per heavy atom. The number of nitrogens with one attached hydrogen (secondary N) is 1. The molecule has 0 spiro atoms. The Morgan fingerprint density at radius 2 is 2.29 bits per heavy atom. The second-order valence-corrected chi connectivity index (χ2v) is 4.71. The fourth-order valence-electron chi connectivity index (χ4n) is 1.18. The van der Waals surface area contributed by atoms with E-state index < -0.39 is 0 Å². The van der Waals surface area contributed by atoms with Crippen molar-refractivity contribution in [1.29, 1.82) is 0 Å². The monoisotopic (exact) mass is 351 g/mol. The van der Waals surface area contributed by atoms with Crippen molar-refractivity contribution in [3.8, 4) is 0 Å². The Bertz CT molecular complexity index is 385. The minimum absolute atomic E-state index is 0.103. The normalized spacial score (nSPS) is 10.1. The van der Waals surface area contributed by atoms with Crippen LogP contribution in [0.1, 0.15) is 19.8 Å². The molecule has 0 saturated carbocycles. The highest BCUT2D eigenvalue weighted by Gasteiger charge is 2.05. The molecule has 0 saturated heterocycles. The molecule has 0 radical (unpaired) electrons. The number of ether oxygens (including phenoxy) is 1. The molecule has 1 rings (SSSR count). The Hall–Kier alpha value is -0.850. The molecular formula is C12H15FINO2. The number of halogens is 2. The van der Waals surface area contributed by atoms with Crippen LogP contribution in [0.5, 0.6) is 0 Å². The Kier molecular flexibility index (Phi) is 6.25. The second-order valence-electron chi connectivity index (χ2n) is 3.55. The van der Waals surface area contributed by atoms with Crippen LogP contribution in [0.25, 0.3) is 0 Å². The standard InChI is InChI=1S/C12H15FINO2/c1-2-3-6-17-12(16)8-15-11-5-4-9(13)7-10(11)14/h4-5,7,15H,2-3,6,8H2,1H3. The number of hydrogen-bond donors (Lipinski definition) is 1. The molecule has 0 heterocycles. The lowest BCUT2D eigenvalue weighted by atomic mass is 10.3. The molecule has 0 bridgehead atoms. The van der Waals surface area contributed by atoms with Crippen LogP contribution in [-0.2, 0) is 9.53 Å². The Balaban J connectivity index is 2.37. The van der Waals surface area contributed by atoms with Gasteiger partial charge in [0.25, 0.3) is 0 Å². The Labute approximate surface area is 114 Å². The molecule has 1 aromatic carbocycles. The highest BCUT2D eigenvalue weighted by molar-refractivity contribution is 14.1. The summed E-state index contributed by atoms with van der Waals surface area (Å²) in [5.41, 5.74) is 0.736. The van der Waals surface area contributed by atoms with E-state index in [0.717, 1.165) is 22.1 Å². The molecule has 0 aromatic heterocycles. The maximum Gasteiger partial charge on any atom is 0.325 e. The summed E-state index contributed by atoms with van der Waals surface area (Å²) in [5, 5.41) is 2.92. The van der Waals surface area contributed by atoms with Gasteiger partial charge in [-0.2, -0.15) is 0 Å². The molecule has 1 aromatic rings. The maximum atomic E-state index is 12.8. The lowest BCUT2D eigenvalue weighted by Gasteiger charge is -2.08. The number of anilines is 1. The van der Waals surface area contributed by atoms with E-state index in [1.165, 1.54) is 12.1 Å². The number of rotatable bonds is 6. The first-order chi connectivity index (χ1) is 8.13. The first kappa shape index (κ1) is 14.2. The van der Waals surface area contributed by atoms with Crippen LogP contribution in [0.4, 0.5) is 10.1 Å². The van der Waals surface area contributed by atoms with Gasteiger partial charge in [0.15, 0.2) is 0 Å². The van der Waals surface area contributed by atoms with Crippen LogP contribution in [0.2, 0.25) is 0 Å². The van der Waals surface area contributed by atoms with Crippen LogP contribution >= 0.6 is 22.6 Å². The number of benzene rings is 1. The summed E-state index contributed by atoms with van der Waals surface area (Å²) in [6.45, 7) is 2.59. The summed E-state index contributed by atoms with van der Waals surface area (Å²) >= 11 is 2.01. The van der Waals surface area contributed by atoms with Gasteiger partial charge < -0.3 is 10.1 Å². The molecule has 5 heteroatoms. The molecule has 0 aliphatic rings. The summed E-state index contributed by atoms with van der Waals surface area (Å²) in [4.78, 5) is 11.3. The van der Waals surface area contributed by atoms with Crippen LogP contribution in [-0.4, -0.2) is 19.1 Å². The molecule has 0 aliphatic heterocycles. The van der Waals surface area contributed by atoms with Crippen molar-refractivity contribution >= 4 is 34.2 Å². The molecular weight excluding hydrogens is 336 g/mol. The molecule has 0 amide bonds. The lowest BCUT2D eigenvalue weighted by molar-refractivity contribution is -0.141. The van der Waals surface area contributed by atoms with E-state index in [9.17, 15) is 9.18 Å².